The average molecular weight is 474 g/mol. The lowest BCUT2D eigenvalue weighted by Gasteiger charge is -2.22. The third-order valence-electron chi connectivity index (χ3n) is 4.93. The van der Waals surface area contributed by atoms with Crippen molar-refractivity contribution < 1.29 is 14.6 Å². The molecule has 0 aliphatic rings. The molecule has 35 heavy (non-hydrogen) atoms. The molecule has 0 atom stereocenters. The van der Waals surface area contributed by atoms with Gasteiger partial charge in [-0.05, 0) is 45.0 Å². The summed E-state index contributed by atoms with van der Waals surface area (Å²) >= 11 is 0. The first-order chi connectivity index (χ1) is 16.6. The summed E-state index contributed by atoms with van der Waals surface area (Å²) in [6.07, 6.45) is 3.32. The molecule has 3 aromatic heterocycles. The van der Waals surface area contributed by atoms with E-state index in [9.17, 15) is 5.11 Å². The lowest BCUT2D eigenvalue weighted by molar-refractivity contribution is 0.133. The van der Waals surface area contributed by atoms with Crippen molar-refractivity contribution in [3.05, 3.63) is 54.0 Å². The minimum atomic E-state index is -1.01. The summed E-state index contributed by atoms with van der Waals surface area (Å²) in [6, 6.07) is 9.51. The maximum absolute atomic E-state index is 10.1. The summed E-state index contributed by atoms with van der Waals surface area (Å²) in [7, 11) is 4.94. The lowest BCUT2D eigenvalue weighted by Crippen LogP contribution is -2.36. The standard InChI is InChI=1S/C24H32B2N6O3/c1-14(2)31-21-19(30-12-16-7-5-9-28-22(16)34-4)11-18(32-20(21)15(3)27)17-8-6-10-29-23(17)35-13-24(25,26)33/h5-11,14,27,31,33H,12-13,25-26H2,1-4H3,(H,30,32). The first-order valence-electron chi connectivity index (χ1n) is 11.5. The third-order valence-corrected chi connectivity index (χ3v) is 4.93. The Hall–Kier alpha value is -3.59. The maximum Gasteiger partial charge on any atom is 0.222 e. The van der Waals surface area contributed by atoms with Crippen LogP contribution in [0.3, 0.4) is 0 Å². The van der Waals surface area contributed by atoms with Gasteiger partial charge in [0.2, 0.25) is 11.8 Å². The molecule has 0 saturated heterocycles. The van der Waals surface area contributed by atoms with Crippen LogP contribution in [-0.4, -0.2) is 66.6 Å². The Morgan fingerprint density at radius 1 is 1.17 bits per heavy atom. The minimum Gasteiger partial charge on any atom is -0.481 e. The number of hydrogen-bond donors (Lipinski definition) is 4. The highest BCUT2D eigenvalue weighted by atomic mass is 16.5. The molecule has 0 unspecified atom stereocenters. The molecule has 9 nitrogen and oxygen atoms in total. The number of ether oxygens (including phenoxy) is 2. The van der Waals surface area contributed by atoms with Crippen LogP contribution in [0.2, 0.25) is 0 Å². The number of pyridine rings is 3. The Morgan fingerprint density at radius 2 is 1.86 bits per heavy atom. The van der Waals surface area contributed by atoms with Crippen molar-refractivity contribution in [2.75, 3.05) is 24.4 Å². The van der Waals surface area contributed by atoms with E-state index in [1.54, 1.807) is 48.2 Å². The maximum atomic E-state index is 10.1. The molecule has 3 aromatic rings. The van der Waals surface area contributed by atoms with E-state index in [1.807, 2.05) is 38.1 Å². The molecule has 11 heteroatoms. The van der Waals surface area contributed by atoms with Crippen molar-refractivity contribution in [3.63, 3.8) is 0 Å². The summed E-state index contributed by atoms with van der Waals surface area (Å²) in [4.78, 5) is 13.4. The van der Waals surface area contributed by atoms with Gasteiger partial charge in [0.05, 0.1) is 35.5 Å². The number of nitrogens with one attached hydrogen (secondary N) is 3. The van der Waals surface area contributed by atoms with Gasteiger partial charge in [-0.3, -0.25) is 0 Å². The van der Waals surface area contributed by atoms with Crippen LogP contribution in [0.25, 0.3) is 11.3 Å². The Kier molecular flexibility index (Phi) is 8.34. The van der Waals surface area contributed by atoms with Crippen molar-refractivity contribution in [3.8, 4) is 23.0 Å². The SMILES string of the molecule is BC(B)(O)COc1ncccc1-c1cc(NCc2cccnc2OC)c(NC(C)C)c(C(C)=N)n1. The highest BCUT2D eigenvalue weighted by molar-refractivity contribution is 6.38. The molecule has 0 saturated carbocycles. The zero-order valence-electron chi connectivity index (χ0n) is 21.1. The first-order valence-corrected chi connectivity index (χ1v) is 11.5. The van der Waals surface area contributed by atoms with Gasteiger partial charge in [0, 0.05) is 35.9 Å². The smallest absolute Gasteiger partial charge is 0.222 e. The molecule has 0 aliphatic heterocycles. The zero-order chi connectivity index (χ0) is 25.6. The fourth-order valence-electron chi connectivity index (χ4n) is 3.41. The molecule has 0 aromatic carbocycles. The fourth-order valence-corrected chi connectivity index (χ4v) is 3.41. The Morgan fingerprint density at radius 3 is 2.49 bits per heavy atom. The van der Waals surface area contributed by atoms with Crippen LogP contribution in [0.5, 0.6) is 11.8 Å². The van der Waals surface area contributed by atoms with E-state index in [-0.39, 0.29) is 12.6 Å². The predicted molar refractivity (Wildman–Crippen MR) is 144 cm³/mol. The van der Waals surface area contributed by atoms with Crippen LogP contribution in [-0.2, 0) is 6.54 Å². The lowest BCUT2D eigenvalue weighted by atomic mass is 9.66. The third kappa shape index (κ3) is 6.95. The molecular formula is C24H32B2N6O3. The number of aromatic nitrogens is 3. The first kappa shape index (κ1) is 26.0. The normalized spacial score (nSPS) is 11.3. The fraction of sp³-hybridized carbons (Fsp3) is 0.333. The van der Waals surface area contributed by atoms with Crippen LogP contribution < -0.4 is 20.1 Å². The quantitative estimate of drug-likeness (QED) is 0.244. The number of anilines is 2. The monoisotopic (exact) mass is 474 g/mol. The molecule has 3 rings (SSSR count). The molecule has 0 spiro atoms. The van der Waals surface area contributed by atoms with Crippen molar-refractivity contribution in [2.45, 2.75) is 38.8 Å². The summed E-state index contributed by atoms with van der Waals surface area (Å²) in [5.74, 6) is 0.908. The number of nitrogens with zero attached hydrogens (tertiary/aromatic N) is 3. The average Bonchev–Trinajstić information content (AvgIpc) is 2.81. The second-order valence-electron chi connectivity index (χ2n) is 9.19. The van der Waals surface area contributed by atoms with Gasteiger partial charge in [-0.25, -0.2) is 15.0 Å². The number of methoxy groups -OCH3 is 1. The number of hydrogen-bond acceptors (Lipinski definition) is 9. The van der Waals surface area contributed by atoms with Crippen LogP contribution in [0.4, 0.5) is 11.4 Å². The van der Waals surface area contributed by atoms with E-state index < -0.39 is 5.40 Å². The topological polar surface area (TPSA) is 125 Å². The van der Waals surface area contributed by atoms with Crippen LogP contribution in [0, 0.1) is 5.41 Å². The highest BCUT2D eigenvalue weighted by Gasteiger charge is 2.20. The summed E-state index contributed by atoms with van der Waals surface area (Å²) in [6.45, 7) is 6.31. The second kappa shape index (κ2) is 11.2. The van der Waals surface area contributed by atoms with Crippen LogP contribution >= 0.6 is 0 Å². The van der Waals surface area contributed by atoms with Gasteiger partial charge in [-0.1, -0.05) is 6.07 Å². The van der Waals surface area contributed by atoms with E-state index in [1.165, 1.54) is 0 Å². The molecule has 0 bridgehead atoms. The number of aliphatic hydroxyl groups is 1. The van der Waals surface area contributed by atoms with Gasteiger partial charge < -0.3 is 30.6 Å². The summed E-state index contributed by atoms with van der Waals surface area (Å²) in [5.41, 5.74) is 4.51. The molecule has 0 fully saturated rings. The molecule has 0 radical (unpaired) electrons. The van der Waals surface area contributed by atoms with Gasteiger partial charge in [-0.2, -0.15) is 0 Å². The van der Waals surface area contributed by atoms with E-state index in [4.69, 9.17) is 19.9 Å². The minimum absolute atomic E-state index is 0.0758. The highest BCUT2D eigenvalue weighted by Crippen LogP contribution is 2.35. The Balaban J connectivity index is 2.09. The van der Waals surface area contributed by atoms with Crippen molar-refractivity contribution in [1.29, 1.82) is 5.41 Å². The van der Waals surface area contributed by atoms with Gasteiger partial charge in [-0.15, -0.1) is 0 Å². The predicted octanol–water partition coefficient (Wildman–Crippen LogP) is 1.66. The van der Waals surface area contributed by atoms with Gasteiger partial charge in [0.1, 0.15) is 28.0 Å². The van der Waals surface area contributed by atoms with Crippen LogP contribution in [0.15, 0.2) is 42.7 Å². The van der Waals surface area contributed by atoms with Gasteiger partial charge >= 0.3 is 0 Å². The van der Waals surface area contributed by atoms with Gasteiger partial charge in [0.15, 0.2) is 0 Å². The molecule has 0 amide bonds. The molecule has 3 heterocycles. The van der Waals surface area contributed by atoms with Gasteiger partial charge in [0.25, 0.3) is 0 Å². The largest absolute Gasteiger partial charge is 0.481 e. The summed E-state index contributed by atoms with van der Waals surface area (Å²) in [5, 5.41) is 24.4. The Bertz CT molecular complexity index is 1180. The molecule has 0 aliphatic carbocycles. The van der Waals surface area contributed by atoms with E-state index in [2.05, 4.69) is 20.6 Å². The molecule has 182 valence electrons. The van der Waals surface area contributed by atoms with Crippen molar-refractivity contribution in [1.82, 2.24) is 15.0 Å². The van der Waals surface area contributed by atoms with Crippen molar-refractivity contribution >= 4 is 32.8 Å². The second-order valence-corrected chi connectivity index (χ2v) is 9.19. The van der Waals surface area contributed by atoms with Crippen LogP contribution in [0.1, 0.15) is 32.0 Å². The van der Waals surface area contributed by atoms with E-state index in [0.717, 1.165) is 16.9 Å². The summed E-state index contributed by atoms with van der Waals surface area (Å²) < 4.78 is 11.2. The Labute approximate surface area is 208 Å². The zero-order valence-corrected chi connectivity index (χ0v) is 21.1. The van der Waals surface area contributed by atoms with E-state index >= 15 is 0 Å². The molecule has 4 N–H and O–H groups in total. The van der Waals surface area contributed by atoms with Crippen molar-refractivity contribution in [2.24, 2.45) is 0 Å². The number of rotatable bonds is 11. The van der Waals surface area contributed by atoms with E-state index in [0.29, 0.717) is 41.0 Å². The molecular weight excluding hydrogens is 442 g/mol.